The van der Waals surface area contributed by atoms with E-state index in [4.69, 9.17) is 21.3 Å². The average Bonchev–Trinajstić information content (AvgIpc) is 3.01. The number of benzene rings is 1. The molecule has 3 rings (SSSR count). The first-order valence-electron chi connectivity index (χ1n) is 8.04. The third-order valence-electron chi connectivity index (χ3n) is 4.27. The van der Waals surface area contributed by atoms with E-state index in [1.165, 1.54) is 6.42 Å². The van der Waals surface area contributed by atoms with Gasteiger partial charge < -0.3 is 4.74 Å². The molecule has 0 N–H and O–H groups in total. The van der Waals surface area contributed by atoms with Gasteiger partial charge in [0.1, 0.15) is 0 Å². The molecule has 0 radical (unpaired) electrons. The number of methoxy groups -OCH3 is 1. The number of hydrogen-bond acceptors (Lipinski definition) is 4. The van der Waals surface area contributed by atoms with Crippen LogP contribution in [0.25, 0.3) is 0 Å². The highest BCUT2D eigenvalue weighted by molar-refractivity contribution is 6.30. The zero-order valence-electron chi connectivity index (χ0n) is 13.4. The maximum absolute atomic E-state index is 6.06. The van der Waals surface area contributed by atoms with E-state index >= 15 is 0 Å². The average molecular weight is 332 g/mol. The van der Waals surface area contributed by atoms with E-state index in [0.717, 1.165) is 54.5 Å². The SMILES string of the molecule is COCCN1CCCC1c1cncc(Cc2cccc(Cl)c2)n1. The van der Waals surface area contributed by atoms with Crippen LogP contribution < -0.4 is 0 Å². The molecule has 1 aliphatic heterocycles. The van der Waals surface area contributed by atoms with Crippen LogP contribution in [0.2, 0.25) is 5.02 Å². The topological polar surface area (TPSA) is 38.2 Å². The largest absolute Gasteiger partial charge is 0.383 e. The lowest BCUT2D eigenvalue weighted by atomic mass is 10.1. The van der Waals surface area contributed by atoms with Crippen molar-refractivity contribution in [3.63, 3.8) is 0 Å². The first-order valence-corrected chi connectivity index (χ1v) is 8.42. The lowest BCUT2D eigenvalue weighted by molar-refractivity contribution is 0.140. The molecule has 1 aromatic heterocycles. The number of likely N-dealkylation sites (tertiary alicyclic amines) is 1. The highest BCUT2D eigenvalue weighted by atomic mass is 35.5. The lowest BCUT2D eigenvalue weighted by Gasteiger charge is -2.23. The Morgan fingerprint density at radius 2 is 2.26 bits per heavy atom. The van der Waals surface area contributed by atoms with Crippen LogP contribution in [0.3, 0.4) is 0 Å². The Labute approximate surface area is 142 Å². The van der Waals surface area contributed by atoms with Crippen LogP contribution in [-0.2, 0) is 11.2 Å². The van der Waals surface area contributed by atoms with Crippen molar-refractivity contribution in [2.75, 3.05) is 26.8 Å². The van der Waals surface area contributed by atoms with E-state index in [9.17, 15) is 0 Å². The molecule has 1 saturated heterocycles. The second-order valence-corrected chi connectivity index (χ2v) is 6.37. The molecule has 23 heavy (non-hydrogen) atoms. The van der Waals surface area contributed by atoms with Crippen LogP contribution in [0.4, 0.5) is 0 Å². The Morgan fingerprint density at radius 3 is 3.09 bits per heavy atom. The number of hydrogen-bond donors (Lipinski definition) is 0. The van der Waals surface area contributed by atoms with E-state index in [0.29, 0.717) is 6.04 Å². The first kappa shape index (κ1) is 16.4. The summed E-state index contributed by atoms with van der Waals surface area (Å²) < 4.78 is 5.21. The standard InChI is InChI=1S/C18H22ClN3O/c1-23-9-8-22-7-3-6-18(22)17-13-20-12-16(21-17)11-14-4-2-5-15(19)10-14/h2,4-5,10,12-13,18H,3,6-9,11H2,1H3. The van der Waals surface area contributed by atoms with Crippen molar-refractivity contribution in [1.82, 2.24) is 14.9 Å². The van der Waals surface area contributed by atoms with E-state index < -0.39 is 0 Å². The summed E-state index contributed by atoms with van der Waals surface area (Å²) in [4.78, 5) is 11.7. The summed E-state index contributed by atoms with van der Waals surface area (Å²) >= 11 is 6.06. The molecule has 2 aromatic rings. The number of halogens is 1. The zero-order chi connectivity index (χ0) is 16.1. The van der Waals surface area contributed by atoms with Crippen molar-refractivity contribution in [1.29, 1.82) is 0 Å². The summed E-state index contributed by atoms with van der Waals surface area (Å²) in [6.07, 6.45) is 6.84. The van der Waals surface area contributed by atoms with Gasteiger partial charge in [0.25, 0.3) is 0 Å². The van der Waals surface area contributed by atoms with Gasteiger partial charge in [-0.2, -0.15) is 0 Å². The van der Waals surface area contributed by atoms with Gasteiger partial charge in [0.15, 0.2) is 0 Å². The van der Waals surface area contributed by atoms with Crippen molar-refractivity contribution in [3.05, 3.63) is 58.6 Å². The molecular formula is C18H22ClN3O. The fourth-order valence-electron chi connectivity index (χ4n) is 3.16. The highest BCUT2D eigenvalue weighted by Crippen LogP contribution is 2.30. The van der Waals surface area contributed by atoms with Crippen LogP contribution in [0.1, 0.15) is 35.8 Å². The van der Waals surface area contributed by atoms with E-state index in [2.05, 4.69) is 16.0 Å². The van der Waals surface area contributed by atoms with Crippen LogP contribution in [-0.4, -0.2) is 41.7 Å². The third-order valence-corrected chi connectivity index (χ3v) is 4.50. The molecule has 4 nitrogen and oxygen atoms in total. The van der Waals surface area contributed by atoms with E-state index in [1.54, 1.807) is 7.11 Å². The molecule has 1 aliphatic rings. The Morgan fingerprint density at radius 1 is 1.35 bits per heavy atom. The van der Waals surface area contributed by atoms with Crippen LogP contribution in [0, 0.1) is 0 Å². The molecule has 5 heteroatoms. The van der Waals surface area contributed by atoms with E-state index in [-0.39, 0.29) is 0 Å². The first-order chi connectivity index (χ1) is 11.3. The number of ether oxygens (including phenoxy) is 1. The minimum absolute atomic E-state index is 0.358. The number of rotatable bonds is 6. The third kappa shape index (κ3) is 4.28. The molecule has 1 atom stereocenters. The molecule has 1 fully saturated rings. The molecule has 1 aromatic carbocycles. The summed E-state index contributed by atoms with van der Waals surface area (Å²) in [6, 6.07) is 8.27. The van der Waals surface area contributed by atoms with Gasteiger partial charge in [-0.25, -0.2) is 0 Å². The molecule has 0 aliphatic carbocycles. The summed E-state index contributed by atoms with van der Waals surface area (Å²) in [5, 5.41) is 0.758. The molecule has 1 unspecified atom stereocenters. The van der Waals surface area contributed by atoms with Gasteiger partial charge in [-0.3, -0.25) is 14.9 Å². The molecular weight excluding hydrogens is 310 g/mol. The summed E-state index contributed by atoms with van der Waals surface area (Å²) in [7, 11) is 1.75. The quantitative estimate of drug-likeness (QED) is 0.812. The molecule has 0 spiro atoms. The van der Waals surface area contributed by atoms with Crippen LogP contribution in [0.5, 0.6) is 0 Å². The van der Waals surface area contributed by atoms with Gasteiger partial charge in [0.2, 0.25) is 0 Å². The van der Waals surface area contributed by atoms with Gasteiger partial charge in [0, 0.05) is 37.5 Å². The van der Waals surface area contributed by atoms with Crippen LogP contribution >= 0.6 is 11.6 Å². The monoisotopic (exact) mass is 331 g/mol. The highest BCUT2D eigenvalue weighted by Gasteiger charge is 2.27. The maximum Gasteiger partial charge on any atom is 0.0761 e. The van der Waals surface area contributed by atoms with E-state index in [1.807, 2.05) is 30.6 Å². The number of nitrogens with zero attached hydrogens (tertiary/aromatic N) is 3. The lowest BCUT2D eigenvalue weighted by Crippen LogP contribution is -2.27. The smallest absolute Gasteiger partial charge is 0.0761 e. The van der Waals surface area contributed by atoms with Gasteiger partial charge in [-0.05, 0) is 37.1 Å². The normalized spacial score (nSPS) is 18.4. The fraction of sp³-hybridized carbons (Fsp3) is 0.444. The second kappa shape index (κ2) is 7.86. The number of aromatic nitrogens is 2. The molecule has 0 amide bonds. The predicted octanol–water partition coefficient (Wildman–Crippen LogP) is 3.50. The van der Waals surface area contributed by atoms with Gasteiger partial charge >= 0.3 is 0 Å². The fourth-order valence-corrected chi connectivity index (χ4v) is 3.38. The van der Waals surface area contributed by atoms with Crippen molar-refractivity contribution >= 4 is 11.6 Å². The Bertz CT molecular complexity index is 650. The van der Waals surface area contributed by atoms with Gasteiger partial charge in [-0.1, -0.05) is 23.7 Å². The van der Waals surface area contributed by atoms with Crippen molar-refractivity contribution < 1.29 is 4.74 Å². The summed E-state index contributed by atoms with van der Waals surface area (Å²) in [5.74, 6) is 0. The van der Waals surface area contributed by atoms with Crippen molar-refractivity contribution in [2.24, 2.45) is 0 Å². The zero-order valence-corrected chi connectivity index (χ0v) is 14.2. The minimum Gasteiger partial charge on any atom is -0.383 e. The maximum atomic E-state index is 6.06. The Balaban J connectivity index is 1.74. The van der Waals surface area contributed by atoms with Crippen molar-refractivity contribution in [2.45, 2.75) is 25.3 Å². The Kier molecular flexibility index (Phi) is 5.60. The minimum atomic E-state index is 0.358. The molecule has 2 heterocycles. The van der Waals surface area contributed by atoms with Gasteiger partial charge in [-0.15, -0.1) is 0 Å². The Hall–Kier alpha value is -1.49. The van der Waals surface area contributed by atoms with Crippen molar-refractivity contribution in [3.8, 4) is 0 Å². The van der Waals surface area contributed by atoms with Gasteiger partial charge in [0.05, 0.1) is 24.0 Å². The molecule has 0 saturated carbocycles. The van der Waals surface area contributed by atoms with Crippen LogP contribution in [0.15, 0.2) is 36.7 Å². The molecule has 122 valence electrons. The molecule has 0 bridgehead atoms. The second-order valence-electron chi connectivity index (χ2n) is 5.93. The summed E-state index contributed by atoms with van der Waals surface area (Å²) in [5.41, 5.74) is 3.22. The predicted molar refractivity (Wildman–Crippen MR) is 91.7 cm³/mol. The summed E-state index contributed by atoms with van der Waals surface area (Å²) in [6.45, 7) is 2.81.